The highest BCUT2D eigenvalue weighted by atomic mass is 127. The van der Waals surface area contributed by atoms with Crippen molar-refractivity contribution in [3.8, 4) is 12.3 Å². The summed E-state index contributed by atoms with van der Waals surface area (Å²) in [5, 5.41) is 12.8. The van der Waals surface area contributed by atoms with Crippen LogP contribution in [0.2, 0.25) is 0 Å². The number of carboxylic acids is 1. The van der Waals surface area contributed by atoms with Crippen LogP contribution in [0.15, 0.2) is 11.4 Å². The topological polar surface area (TPSA) is 66.4 Å². The van der Waals surface area contributed by atoms with Crippen molar-refractivity contribution in [2.24, 2.45) is 0 Å². The van der Waals surface area contributed by atoms with Crippen LogP contribution < -0.4 is 5.32 Å². The van der Waals surface area contributed by atoms with Crippen molar-refractivity contribution in [3.63, 3.8) is 0 Å². The lowest BCUT2D eigenvalue weighted by Crippen LogP contribution is -2.40. The molecule has 0 spiro atoms. The van der Waals surface area contributed by atoms with E-state index in [0.29, 0.717) is 5.56 Å². The zero-order valence-electron chi connectivity index (χ0n) is 8.07. The van der Waals surface area contributed by atoms with Gasteiger partial charge in [-0.25, -0.2) is 4.79 Å². The van der Waals surface area contributed by atoms with E-state index in [-0.39, 0.29) is 6.42 Å². The Balaban J connectivity index is 2.69. The number of rotatable bonds is 4. The Morgan fingerprint density at radius 1 is 1.69 bits per heavy atom. The molecule has 1 amide bonds. The van der Waals surface area contributed by atoms with Crippen molar-refractivity contribution < 1.29 is 14.7 Å². The minimum absolute atomic E-state index is 0.0255. The number of terminal acetylenes is 1. The second-order valence-electron chi connectivity index (χ2n) is 2.91. The Bertz CT molecular complexity index is 449. The van der Waals surface area contributed by atoms with Crippen LogP contribution >= 0.6 is 33.9 Å². The van der Waals surface area contributed by atoms with Gasteiger partial charge < -0.3 is 10.4 Å². The van der Waals surface area contributed by atoms with Crippen LogP contribution in [-0.2, 0) is 4.79 Å². The first-order valence-electron chi connectivity index (χ1n) is 4.25. The van der Waals surface area contributed by atoms with E-state index in [1.807, 2.05) is 0 Å². The Labute approximate surface area is 110 Å². The van der Waals surface area contributed by atoms with E-state index in [2.05, 4.69) is 33.8 Å². The molecule has 1 aromatic heterocycles. The fraction of sp³-hybridized carbons (Fsp3) is 0.200. The second-order valence-corrected chi connectivity index (χ2v) is 5.72. The number of amides is 1. The van der Waals surface area contributed by atoms with Gasteiger partial charge in [-0.15, -0.1) is 23.7 Å². The molecule has 0 saturated heterocycles. The highest BCUT2D eigenvalue weighted by Crippen LogP contribution is 2.16. The van der Waals surface area contributed by atoms with Crippen molar-refractivity contribution >= 4 is 45.8 Å². The van der Waals surface area contributed by atoms with Gasteiger partial charge in [0, 0.05) is 11.8 Å². The molecule has 4 nitrogen and oxygen atoms in total. The van der Waals surface area contributed by atoms with Gasteiger partial charge >= 0.3 is 5.97 Å². The third-order valence-corrected chi connectivity index (χ3v) is 3.54. The van der Waals surface area contributed by atoms with Crippen LogP contribution in [0.4, 0.5) is 0 Å². The first-order valence-corrected chi connectivity index (χ1v) is 6.21. The third-order valence-electron chi connectivity index (χ3n) is 1.76. The molecular weight excluding hydrogens is 341 g/mol. The molecular formula is C10H8INO3S. The van der Waals surface area contributed by atoms with E-state index in [0.717, 1.165) is 2.88 Å². The third kappa shape index (κ3) is 3.50. The summed E-state index contributed by atoms with van der Waals surface area (Å²) in [6.07, 6.45) is 5.00. The van der Waals surface area contributed by atoms with E-state index >= 15 is 0 Å². The van der Waals surface area contributed by atoms with Crippen LogP contribution in [0.25, 0.3) is 0 Å². The van der Waals surface area contributed by atoms with Crippen LogP contribution in [-0.4, -0.2) is 23.0 Å². The lowest BCUT2D eigenvalue weighted by Gasteiger charge is -2.10. The molecule has 0 fully saturated rings. The first-order chi connectivity index (χ1) is 7.54. The Hall–Kier alpha value is -1.07. The lowest BCUT2D eigenvalue weighted by atomic mass is 10.2. The number of carbonyl (C=O) groups is 2. The number of carbonyl (C=O) groups excluding carboxylic acids is 1. The molecule has 0 bridgehead atoms. The molecule has 0 saturated carbocycles. The molecule has 0 aromatic carbocycles. The maximum absolute atomic E-state index is 11.6. The summed E-state index contributed by atoms with van der Waals surface area (Å²) in [6.45, 7) is 0. The predicted octanol–water partition coefficient (Wildman–Crippen LogP) is 1.56. The number of halogens is 1. The Kier molecular flexibility index (Phi) is 4.76. The summed E-state index contributed by atoms with van der Waals surface area (Å²) < 4.78 is 0.964. The van der Waals surface area contributed by atoms with E-state index < -0.39 is 17.9 Å². The summed E-state index contributed by atoms with van der Waals surface area (Å²) in [5.41, 5.74) is 0.456. The number of thiophene rings is 1. The van der Waals surface area contributed by atoms with Gasteiger partial charge in [0.25, 0.3) is 5.91 Å². The highest BCUT2D eigenvalue weighted by molar-refractivity contribution is 14.1. The fourth-order valence-electron chi connectivity index (χ4n) is 0.989. The standard InChI is InChI=1S/C10H8INO3S/c1-2-3-7(10(14)15)12-9(13)6-4-8(11)16-5-6/h1,4-5,7H,3H2,(H,12,13)(H,14,15). The summed E-state index contributed by atoms with van der Waals surface area (Å²) in [4.78, 5) is 22.4. The normalized spacial score (nSPS) is 11.5. The van der Waals surface area contributed by atoms with Gasteiger partial charge in [-0.05, 0) is 28.7 Å². The summed E-state index contributed by atoms with van der Waals surface area (Å²) in [6, 6.07) is 0.657. The summed E-state index contributed by atoms with van der Waals surface area (Å²) in [5.74, 6) is 0.673. The van der Waals surface area contributed by atoms with E-state index in [1.165, 1.54) is 11.3 Å². The minimum Gasteiger partial charge on any atom is -0.480 e. The monoisotopic (exact) mass is 349 g/mol. The molecule has 1 atom stereocenters. The minimum atomic E-state index is -1.13. The van der Waals surface area contributed by atoms with Gasteiger partial charge in [-0.1, -0.05) is 0 Å². The maximum Gasteiger partial charge on any atom is 0.327 e. The second kappa shape index (κ2) is 5.86. The van der Waals surface area contributed by atoms with Crippen molar-refractivity contribution in [2.75, 3.05) is 0 Å². The molecule has 1 heterocycles. The van der Waals surface area contributed by atoms with E-state index in [1.54, 1.807) is 11.4 Å². The molecule has 0 aliphatic rings. The van der Waals surface area contributed by atoms with Gasteiger partial charge in [0.2, 0.25) is 0 Å². The molecule has 16 heavy (non-hydrogen) atoms. The van der Waals surface area contributed by atoms with Crippen LogP contribution in [0.3, 0.4) is 0 Å². The predicted molar refractivity (Wildman–Crippen MR) is 69.4 cm³/mol. The Morgan fingerprint density at radius 2 is 2.38 bits per heavy atom. The molecule has 1 rings (SSSR count). The van der Waals surface area contributed by atoms with Gasteiger partial charge in [-0.3, -0.25) is 4.79 Å². The van der Waals surface area contributed by atoms with E-state index in [4.69, 9.17) is 11.5 Å². The van der Waals surface area contributed by atoms with Crippen molar-refractivity contribution in [1.82, 2.24) is 5.32 Å². The molecule has 6 heteroatoms. The molecule has 0 aliphatic carbocycles. The molecule has 1 unspecified atom stereocenters. The van der Waals surface area contributed by atoms with Crippen LogP contribution in [0.5, 0.6) is 0 Å². The molecule has 2 N–H and O–H groups in total. The van der Waals surface area contributed by atoms with Gasteiger partial charge in [0.05, 0.1) is 8.45 Å². The average molecular weight is 349 g/mol. The first kappa shape index (κ1) is 13.0. The quantitative estimate of drug-likeness (QED) is 0.641. The fourth-order valence-corrected chi connectivity index (χ4v) is 2.32. The Morgan fingerprint density at radius 3 is 2.81 bits per heavy atom. The SMILES string of the molecule is C#CCC(NC(=O)c1csc(I)c1)C(=O)O. The zero-order valence-corrected chi connectivity index (χ0v) is 11.0. The van der Waals surface area contributed by atoms with Gasteiger partial charge in [0.1, 0.15) is 6.04 Å². The molecule has 1 aromatic rings. The molecule has 84 valence electrons. The van der Waals surface area contributed by atoms with Crippen LogP contribution in [0.1, 0.15) is 16.8 Å². The van der Waals surface area contributed by atoms with Gasteiger partial charge in [-0.2, -0.15) is 0 Å². The molecule has 0 radical (unpaired) electrons. The summed E-state index contributed by atoms with van der Waals surface area (Å²) in [7, 11) is 0. The molecule has 0 aliphatic heterocycles. The maximum atomic E-state index is 11.6. The summed E-state index contributed by atoms with van der Waals surface area (Å²) >= 11 is 3.51. The average Bonchev–Trinajstić information content (AvgIpc) is 2.64. The van der Waals surface area contributed by atoms with Crippen molar-refractivity contribution in [3.05, 3.63) is 19.9 Å². The van der Waals surface area contributed by atoms with Crippen LogP contribution in [0, 0.1) is 15.2 Å². The number of hydrogen-bond donors (Lipinski definition) is 2. The largest absolute Gasteiger partial charge is 0.480 e. The number of nitrogens with one attached hydrogen (secondary N) is 1. The highest BCUT2D eigenvalue weighted by Gasteiger charge is 2.19. The lowest BCUT2D eigenvalue weighted by molar-refractivity contribution is -0.139. The number of hydrogen-bond acceptors (Lipinski definition) is 3. The van der Waals surface area contributed by atoms with Crippen molar-refractivity contribution in [2.45, 2.75) is 12.5 Å². The van der Waals surface area contributed by atoms with Gasteiger partial charge in [0.15, 0.2) is 0 Å². The number of aliphatic carboxylic acids is 1. The van der Waals surface area contributed by atoms with Crippen molar-refractivity contribution in [1.29, 1.82) is 0 Å². The van der Waals surface area contributed by atoms with E-state index in [9.17, 15) is 9.59 Å². The smallest absolute Gasteiger partial charge is 0.327 e. The zero-order chi connectivity index (χ0) is 12.1. The number of carboxylic acid groups (broad SMARTS) is 1.